The predicted molar refractivity (Wildman–Crippen MR) is 129 cm³/mol. The third-order valence-electron chi connectivity index (χ3n) is 6.59. The minimum Gasteiger partial charge on any atom is -0.419 e. The van der Waals surface area contributed by atoms with E-state index in [2.05, 4.69) is 15.1 Å². The molecule has 2 heterocycles. The van der Waals surface area contributed by atoms with Crippen LogP contribution in [0.25, 0.3) is 11.5 Å². The molecule has 0 radical (unpaired) electrons. The Balaban J connectivity index is 1.48. The molecule has 1 atom stereocenters. The van der Waals surface area contributed by atoms with Gasteiger partial charge in [-0.15, -0.1) is 10.2 Å². The quantitative estimate of drug-likeness (QED) is 0.518. The average Bonchev–Trinajstić information content (AvgIpc) is 3.28. The molecule has 0 unspecified atom stereocenters. The van der Waals surface area contributed by atoms with Gasteiger partial charge in [-0.3, -0.25) is 4.90 Å². The van der Waals surface area contributed by atoms with Gasteiger partial charge in [0, 0.05) is 36.8 Å². The van der Waals surface area contributed by atoms with Crippen molar-refractivity contribution in [3.63, 3.8) is 0 Å². The maximum atomic E-state index is 13.5. The van der Waals surface area contributed by atoms with E-state index in [9.17, 15) is 8.42 Å². The summed E-state index contributed by atoms with van der Waals surface area (Å²) >= 11 is 6.07. The number of piperazine rings is 1. The molecule has 0 amide bonds. The number of halogens is 1. The Kier molecular flexibility index (Phi) is 6.64. The monoisotopic (exact) mass is 488 g/mol. The Morgan fingerprint density at radius 2 is 1.61 bits per heavy atom. The summed E-state index contributed by atoms with van der Waals surface area (Å²) in [6.45, 7) is 11.7. The van der Waals surface area contributed by atoms with Gasteiger partial charge in [-0.05, 0) is 75.1 Å². The van der Waals surface area contributed by atoms with Crippen molar-refractivity contribution in [3.05, 3.63) is 63.5 Å². The Labute approximate surface area is 200 Å². The Bertz CT molecular complexity index is 1250. The van der Waals surface area contributed by atoms with E-state index < -0.39 is 10.0 Å². The first kappa shape index (κ1) is 23.9. The maximum Gasteiger partial charge on any atom is 0.247 e. The van der Waals surface area contributed by atoms with E-state index >= 15 is 0 Å². The van der Waals surface area contributed by atoms with E-state index in [-0.39, 0.29) is 6.04 Å². The second kappa shape index (κ2) is 9.18. The molecule has 2 aromatic carbocycles. The topological polar surface area (TPSA) is 79.5 Å². The van der Waals surface area contributed by atoms with E-state index in [1.165, 1.54) is 0 Å². The molecule has 1 fully saturated rings. The molecular weight excluding hydrogens is 460 g/mol. The molecule has 0 N–H and O–H groups in total. The van der Waals surface area contributed by atoms with Gasteiger partial charge >= 0.3 is 0 Å². The number of sulfonamides is 1. The molecule has 3 aromatic rings. The largest absolute Gasteiger partial charge is 0.419 e. The summed E-state index contributed by atoms with van der Waals surface area (Å²) in [5.74, 6) is 0.920. The van der Waals surface area contributed by atoms with Crippen molar-refractivity contribution >= 4 is 21.6 Å². The molecule has 0 saturated carbocycles. The fourth-order valence-corrected chi connectivity index (χ4v) is 6.51. The number of aryl methyl sites for hydroxylation is 2. The van der Waals surface area contributed by atoms with Crippen LogP contribution in [0.2, 0.25) is 5.02 Å². The zero-order valence-electron chi connectivity index (χ0n) is 19.6. The highest BCUT2D eigenvalue weighted by molar-refractivity contribution is 7.89. The summed E-state index contributed by atoms with van der Waals surface area (Å²) in [4.78, 5) is 2.62. The maximum absolute atomic E-state index is 13.5. The number of aromatic nitrogens is 2. The van der Waals surface area contributed by atoms with Gasteiger partial charge in [0.25, 0.3) is 0 Å². The van der Waals surface area contributed by atoms with Crippen LogP contribution in [0, 0.1) is 27.7 Å². The van der Waals surface area contributed by atoms with Crippen LogP contribution in [-0.4, -0.2) is 54.0 Å². The summed E-state index contributed by atoms with van der Waals surface area (Å²) in [6, 6.07) is 9.20. The summed E-state index contributed by atoms with van der Waals surface area (Å²) in [6.07, 6.45) is 0. The molecule has 1 aromatic heterocycles. The van der Waals surface area contributed by atoms with E-state index in [1.54, 1.807) is 16.4 Å². The molecular formula is C24H29ClN4O3S. The molecule has 0 bridgehead atoms. The highest BCUT2D eigenvalue weighted by Gasteiger charge is 2.34. The lowest BCUT2D eigenvalue weighted by Crippen LogP contribution is -2.49. The zero-order valence-corrected chi connectivity index (χ0v) is 21.2. The third-order valence-corrected chi connectivity index (χ3v) is 8.99. The van der Waals surface area contributed by atoms with E-state index in [1.807, 2.05) is 52.8 Å². The highest BCUT2D eigenvalue weighted by Crippen LogP contribution is 2.31. The van der Waals surface area contributed by atoms with Gasteiger partial charge in [0.1, 0.15) is 0 Å². The third kappa shape index (κ3) is 4.57. The molecule has 1 aliphatic heterocycles. The molecule has 1 saturated heterocycles. The van der Waals surface area contributed by atoms with Crippen LogP contribution in [0.15, 0.2) is 39.6 Å². The molecule has 33 heavy (non-hydrogen) atoms. The Morgan fingerprint density at radius 1 is 0.970 bits per heavy atom. The first-order valence-corrected chi connectivity index (χ1v) is 12.8. The lowest BCUT2D eigenvalue weighted by molar-refractivity contribution is 0.129. The lowest BCUT2D eigenvalue weighted by Gasteiger charge is -2.36. The van der Waals surface area contributed by atoms with Crippen molar-refractivity contribution in [1.29, 1.82) is 0 Å². The molecule has 1 aliphatic rings. The molecule has 176 valence electrons. The highest BCUT2D eigenvalue weighted by atomic mass is 35.5. The summed E-state index contributed by atoms with van der Waals surface area (Å²) in [5.41, 5.74) is 4.41. The molecule has 9 heteroatoms. The molecule has 0 spiro atoms. The zero-order chi connectivity index (χ0) is 23.9. The normalized spacial score (nSPS) is 16.8. The van der Waals surface area contributed by atoms with Crippen LogP contribution in [0.4, 0.5) is 0 Å². The van der Waals surface area contributed by atoms with Crippen LogP contribution in [0.5, 0.6) is 0 Å². The lowest BCUT2D eigenvalue weighted by atomic mass is 10.0. The number of hydrogen-bond donors (Lipinski definition) is 0. The van der Waals surface area contributed by atoms with Gasteiger partial charge in [-0.1, -0.05) is 23.7 Å². The standard InChI is InChI=1S/C24H29ClN4O3S/c1-15-13-16(2)18(4)22(17(15)3)33(30,31)29-11-9-28(10-12-29)19(5)23-26-27-24(32-23)20-7-6-8-21(25)14-20/h6-8,13-14,19H,9-12H2,1-5H3/t19-/m0/s1. The van der Waals surface area contributed by atoms with E-state index in [0.717, 1.165) is 27.8 Å². The smallest absolute Gasteiger partial charge is 0.247 e. The number of nitrogens with zero attached hydrogens (tertiary/aromatic N) is 4. The predicted octanol–water partition coefficient (Wildman–Crippen LogP) is 4.69. The SMILES string of the molecule is Cc1cc(C)c(C)c(S(=O)(=O)N2CCN([C@@H](C)c3nnc(-c4cccc(Cl)c4)o3)CC2)c1C. The van der Waals surface area contributed by atoms with Crippen LogP contribution >= 0.6 is 11.6 Å². The van der Waals surface area contributed by atoms with Gasteiger partial charge in [0.05, 0.1) is 10.9 Å². The van der Waals surface area contributed by atoms with E-state index in [0.29, 0.717) is 47.9 Å². The minimum absolute atomic E-state index is 0.125. The van der Waals surface area contributed by atoms with Gasteiger partial charge in [0.15, 0.2) is 0 Å². The second-order valence-electron chi connectivity index (χ2n) is 8.66. The van der Waals surface area contributed by atoms with Crippen molar-refractivity contribution < 1.29 is 12.8 Å². The average molecular weight is 489 g/mol. The fraction of sp³-hybridized carbons (Fsp3) is 0.417. The van der Waals surface area contributed by atoms with Crippen molar-refractivity contribution in [1.82, 2.24) is 19.4 Å². The Morgan fingerprint density at radius 3 is 2.21 bits per heavy atom. The van der Waals surface area contributed by atoms with Crippen LogP contribution in [0.3, 0.4) is 0 Å². The second-order valence-corrected chi connectivity index (χ2v) is 11.0. The van der Waals surface area contributed by atoms with Crippen LogP contribution in [0.1, 0.15) is 41.1 Å². The van der Waals surface area contributed by atoms with Gasteiger partial charge in [-0.2, -0.15) is 4.31 Å². The minimum atomic E-state index is -3.58. The van der Waals surface area contributed by atoms with Gasteiger partial charge < -0.3 is 4.42 Å². The fourth-order valence-electron chi connectivity index (χ4n) is 4.33. The first-order valence-electron chi connectivity index (χ1n) is 11.0. The van der Waals surface area contributed by atoms with Crippen molar-refractivity contribution in [2.45, 2.75) is 45.6 Å². The van der Waals surface area contributed by atoms with Gasteiger partial charge in [0.2, 0.25) is 21.8 Å². The molecule has 7 nitrogen and oxygen atoms in total. The van der Waals surface area contributed by atoms with Crippen LogP contribution < -0.4 is 0 Å². The summed E-state index contributed by atoms with van der Waals surface area (Å²) in [7, 11) is -3.58. The van der Waals surface area contributed by atoms with Crippen LogP contribution in [-0.2, 0) is 10.0 Å². The molecule has 0 aliphatic carbocycles. The van der Waals surface area contributed by atoms with Crippen molar-refractivity contribution in [2.24, 2.45) is 0 Å². The summed E-state index contributed by atoms with van der Waals surface area (Å²) in [5, 5.41) is 8.99. The first-order chi connectivity index (χ1) is 15.6. The van der Waals surface area contributed by atoms with Gasteiger partial charge in [-0.25, -0.2) is 8.42 Å². The number of rotatable bonds is 5. The number of hydrogen-bond acceptors (Lipinski definition) is 6. The summed E-state index contributed by atoms with van der Waals surface area (Å²) < 4.78 is 34.5. The van der Waals surface area contributed by atoms with Crippen molar-refractivity contribution in [3.8, 4) is 11.5 Å². The van der Waals surface area contributed by atoms with E-state index in [4.69, 9.17) is 16.0 Å². The Hall–Kier alpha value is -2.26. The number of benzene rings is 2. The van der Waals surface area contributed by atoms with Crippen molar-refractivity contribution in [2.75, 3.05) is 26.2 Å². The molecule has 4 rings (SSSR count).